The minimum atomic E-state index is -0.379. The normalized spacial score (nSPS) is 11.0. The number of carbonyl (C=O) groups is 1. The van der Waals surface area contributed by atoms with Gasteiger partial charge in [-0.2, -0.15) is 0 Å². The Kier molecular flexibility index (Phi) is 4.02. The van der Waals surface area contributed by atoms with Crippen molar-refractivity contribution in [3.05, 3.63) is 77.4 Å². The Hall–Kier alpha value is -2.82. The van der Waals surface area contributed by atoms with Gasteiger partial charge in [-0.05, 0) is 47.9 Å². The summed E-state index contributed by atoms with van der Waals surface area (Å²) < 4.78 is 14.5. The van der Waals surface area contributed by atoms with Gasteiger partial charge in [0.05, 0.1) is 11.9 Å². The molecule has 23 heavy (non-hydrogen) atoms. The number of aromatic nitrogens is 3. The quantitative estimate of drug-likeness (QED) is 0.689. The lowest BCUT2D eigenvalue weighted by atomic mass is 10.0. The number of hydrogen-bond acceptors (Lipinski definition) is 3. The molecule has 0 bridgehead atoms. The topological polar surface area (TPSA) is 47.8 Å². The van der Waals surface area contributed by atoms with Crippen molar-refractivity contribution in [1.29, 1.82) is 0 Å². The fraction of sp³-hybridized carbons (Fsp3) is 0.167. The lowest BCUT2D eigenvalue weighted by Gasteiger charge is -2.06. The molecule has 0 aliphatic carbocycles. The average molecular weight is 309 g/mol. The molecule has 0 N–H and O–H groups in total. The predicted octanol–water partition coefficient (Wildman–Crippen LogP) is 3.76. The van der Waals surface area contributed by atoms with Crippen molar-refractivity contribution in [2.45, 2.75) is 19.8 Å². The van der Waals surface area contributed by atoms with Crippen LogP contribution in [0.2, 0.25) is 0 Å². The van der Waals surface area contributed by atoms with E-state index in [9.17, 15) is 9.18 Å². The number of hydrogen-bond donors (Lipinski definition) is 0. The smallest absolute Gasteiger partial charge is 0.214 e. The highest BCUT2D eigenvalue weighted by atomic mass is 19.1. The average Bonchev–Trinajstić information content (AvgIpc) is 3.05. The Morgan fingerprint density at radius 1 is 1.04 bits per heavy atom. The molecule has 0 aliphatic heterocycles. The molecule has 0 fully saturated rings. The highest BCUT2D eigenvalue weighted by Gasteiger charge is 2.14. The maximum atomic E-state index is 12.9. The van der Waals surface area contributed by atoms with Gasteiger partial charge in [0, 0.05) is 5.56 Å². The summed E-state index contributed by atoms with van der Waals surface area (Å²) in [6.45, 7) is 4.26. The van der Waals surface area contributed by atoms with E-state index < -0.39 is 0 Å². The summed E-state index contributed by atoms with van der Waals surface area (Å²) >= 11 is 0. The largest absolute Gasteiger partial charge is 0.287 e. The number of benzene rings is 2. The molecule has 116 valence electrons. The van der Waals surface area contributed by atoms with E-state index in [1.807, 2.05) is 24.3 Å². The molecule has 3 rings (SSSR count). The van der Waals surface area contributed by atoms with Crippen molar-refractivity contribution in [3.8, 4) is 5.69 Å². The molecule has 1 aromatic heterocycles. The standard InChI is InChI=1S/C18H16FN3O/c1-12(2)13-5-9-16(10-6-13)22-11-17(20-21-22)18(23)14-3-7-15(19)8-4-14/h3-12H,1-2H3. The third-order valence-corrected chi connectivity index (χ3v) is 3.66. The lowest BCUT2D eigenvalue weighted by molar-refractivity contribution is 0.103. The summed E-state index contributed by atoms with van der Waals surface area (Å²) in [4.78, 5) is 12.3. The van der Waals surface area contributed by atoms with E-state index in [4.69, 9.17) is 0 Å². The van der Waals surface area contributed by atoms with E-state index in [-0.39, 0.29) is 17.3 Å². The molecular weight excluding hydrogens is 293 g/mol. The Morgan fingerprint density at radius 3 is 2.30 bits per heavy atom. The molecule has 0 amide bonds. The van der Waals surface area contributed by atoms with E-state index in [1.165, 1.54) is 29.8 Å². The van der Waals surface area contributed by atoms with Crippen molar-refractivity contribution in [2.75, 3.05) is 0 Å². The van der Waals surface area contributed by atoms with Crippen LogP contribution in [0, 0.1) is 5.82 Å². The Bertz CT molecular complexity index is 820. The van der Waals surface area contributed by atoms with Gasteiger partial charge in [0.25, 0.3) is 0 Å². The van der Waals surface area contributed by atoms with Gasteiger partial charge >= 0.3 is 0 Å². The van der Waals surface area contributed by atoms with Crippen LogP contribution in [0.5, 0.6) is 0 Å². The minimum Gasteiger partial charge on any atom is -0.287 e. The van der Waals surface area contributed by atoms with Crippen molar-refractivity contribution >= 4 is 5.78 Å². The van der Waals surface area contributed by atoms with Gasteiger partial charge in [0.15, 0.2) is 5.69 Å². The number of nitrogens with zero attached hydrogens (tertiary/aromatic N) is 3. The first kappa shape index (κ1) is 15.1. The molecule has 0 saturated heterocycles. The van der Waals surface area contributed by atoms with E-state index in [0.29, 0.717) is 11.5 Å². The Balaban J connectivity index is 1.85. The van der Waals surface area contributed by atoms with E-state index in [2.05, 4.69) is 24.2 Å². The van der Waals surface area contributed by atoms with Gasteiger partial charge in [-0.3, -0.25) is 4.79 Å². The van der Waals surface area contributed by atoms with E-state index in [0.717, 1.165) is 5.69 Å². The van der Waals surface area contributed by atoms with Crippen LogP contribution in [0.1, 0.15) is 41.4 Å². The second-order valence-electron chi connectivity index (χ2n) is 5.63. The molecular formula is C18H16FN3O. The zero-order chi connectivity index (χ0) is 16.4. The van der Waals surface area contributed by atoms with Crippen molar-refractivity contribution in [1.82, 2.24) is 15.0 Å². The SMILES string of the molecule is CC(C)c1ccc(-n2cc(C(=O)c3ccc(F)cc3)nn2)cc1. The monoisotopic (exact) mass is 309 g/mol. The summed E-state index contributed by atoms with van der Waals surface area (Å²) in [7, 11) is 0. The first-order valence-electron chi connectivity index (χ1n) is 7.37. The molecule has 0 radical (unpaired) electrons. The number of rotatable bonds is 4. The van der Waals surface area contributed by atoms with Crippen molar-refractivity contribution in [2.24, 2.45) is 0 Å². The van der Waals surface area contributed by atoms with Crippen molar-refractivity contribution in [3.63, 3.8) is 0 Å². The van der Waals surface area contributed by atoms with Crippen LogP contribution < -0.4 is 0 Å². The Labute approximate surface area is 133 Å². The molecule has 4 nitrogen and oxygen atoms in total. The maximum absolute atomic E-state index is 12.9. The highest BCUT2D eigenvalue weighted by Crippen LogP contribution is 2.17. The van der Waals surface area contributed by atoms with Gasteiger partial charge in [-0.1, -0.05) is 31.2 Å². The molecule has 0 unspecified atom stereocenters. The zero-order valence-electron chi connectivity index (χ0n) is 12.9. The summed E-state index contributed by atoms with van der Waals surface area (Å²) in [5.41, 5.74) is 2.68. The molecule has 0 spiro atoms. The Morgan fingerprint density at radius 2 is 1.70 bits per heavy atom. The molecule has 3 aromatic rings. The van der Waals surface area contributed by atoms with Crippen LogP contribution in [0.3, 0.4) is 0 Å². The van der Waals surface area contributed by atoms with Crippen LogP contribution >= 0.6 is 0 Å². The molecule has 0 aliphatic rings. The van der Waals surface area contributed by atoms with Gasteiger partial charge < -0.3 is 0 Å². The zero-order valence-corrected chi connectivity index (χ0v) is 12.9. The van der Waals surface area contributed by atoms with Crippen LogP contribution in [-0.4, -0.2) is 20.8 Å². The first-order valence-corrected chi connectivity index (χ1v) is 7.37. The van der Waals surface area contributed by atoms with Crippen molar-refractivity contribution < 1.29 is 9.18 Å². The first-order chi connectivity index (χ1) is 11.0. The summed E-state index contributed by atoms with van der Waals surface area (Å²) in [6.07, 6.45) is 1.58. The molecule has 0 atom stereocenters. The van der Waals surface area contributed by atoms with Gasteiger partial charge in [0.1, 0.15) is 5.82 Å². The molecule has 0 saturated carbocycles. The predicted molar refractivity (Wildman–Crippen MR) is 85.3 cm³/mol. The third-order valence-electron chi connectivity index (χ3n) is 3.66. The second-order valence-corrected chi connectivity index (χ2v) is 5.63. The summed E-state index contributed by atoms with van der Waals surface area (Å²) in [5, 5.41) is 7.92. The summed E-state index contributed by atoms with van der Waals surface area (Å²) in [5.74, 6) is -0.207. The fourth-order valence-electron chi connectivity index (χ4n) is 2.26. The van der Waals surface area contributed by atoms with Gasteiger partial charge in [0.2, 0.25) is 5.78 Å². The second kappa shape index (κ2) is 6.12. The molecule has 2 aromatic carbocycles. The third kappa shape index (κ3) is 3.18. The van der Waals surface area contributed by atoms with Crippen LogP contribution in [-0.2, 0) is 0 Å². The molecule has 1 heterocycles. The van der Waals surface area contributed by atoms with Gasteiger partial charge in [-0.25, -0.2) is 9.07 Å². The van der Waals surface area contributed by atoms with E-state index in [1.54, 1.807) is 10.9 Å². The lowest BCUT2D eigenvalue weighted by Crippen LogP contribution is -2.01. The van der Waals surface area contributed by atoms with E-state index >= 15 is 0 Å². The van der Waals surface area contributed by atoms with Crippen LogP contribution in [0.15, 0.2) is 54.7 Å². The number of ketones is 1. The molecule has 5 heteroatoms. The minimum absolute atomic E-state index is 0.226. The highest BCUT2D eigenvalue weighted by molar-refractivity contribution is 6.07. The fourth-order valence-corrected chi connectivity index (χ4v) is 2.26. The number of carbonyl (C=O) groups excluding carboxylic acids is 1. The summed E-state index contributed by atoms with van der Waals surface area (Å²) in [6, 6.07) is 13.3. The van der Waals surface area contributed by atoms with Gasteiger partial charge in [-0.15, -0.1) is 5.10 Å². The number of halogens is 1. The maximum Gasteiger partial charge on any atom is 0.214 e. The van der Waals surface area contributed by atoms with Crippen LogP contribution in [0.25, 0.3) is 5.69 Å². The van der Waals surface area contributed by atoms with Crippen LogP contribution in [0.4, 0.5) is 4.39 Å².